The molecule has 2 heterocycles. The molecule has 2 aromatic heterocycles. The maximum atomic E-state index is 12.6. The van der Waals surface area contributed by atoms with Gasteiger partial charge < -0.3 is 9.26 Å². The Kier molecular flexibility index (Phi) is 6.96. The maximum absolute atomic E-state index is 12.6. The predicted molar refractivity (Wildman–Crippen MR) is 139 cm³/mol. The number of tetrazole rings is 1. The molecule has 0 saturated heterocycles. The molecule has 0 aliphatic carbocycles. The van der Waals surface area contributed by atoms with Crippen LogP contribution in [0.15, 0.2) is 77.3 Å². The molecule has 5 aromatic rings. The van der Waals surface area contributed by atoms with Gasteiger partial charge in [-0.05, 0) is 36.6 Å². The van der Waals surface area contributed by atoms with E-state index in [1.54, 1.807) is 19.9 Å². The standard InChI is InChI=1S/C27H23ClN6O3/c1-16-25(29-27(35)36-17(2)22-5-3-4-6-23(22)28)26(37-32-16)21-13-11-20(12-14-21)19-9-7-18(8-10-19)15-24-30-33-34-31-24/h3-14,17H,15H2,1-2H3,(H,29,35)(H,30,31,33,34)/t17-/m1/s1. The van der Waals surface area contributed by atoms with Gasteiger partial charge in [-0.25, -0.2) is 4.79 Å². The van der Waals surface area contributed by atoms with E-state index in [-0.39, 0.29) is 0 Å². The Morgan fingerprint density at radius 3 is 2.38 bits per heavy atom. The third-order valence-electron chi connectivity index (χ3n) is 5.90. The van der Waals surface area contributed by atoms with Crippen LogP contribution in [0, 0.1) is 6.92 Å². The molecule has 0 aliphatic heterocycles. The van der Waals surface area contributed by atoms with Crippen LogP contribution in [-0.2, 0) is 11.2 Å². The summed E-state index contributed by atoms with van der Waals surface area (Å²) in [5, 5.41) is 21.4. The van der Waals surface area contributed by atoms with Crippen molar-refractivity contribution in [1.29, 1.82) is 0 Å². The van der Waals surface area contributed by atoms with Crippen molar-refractivity contribution < 1.29 is 14.1 Å². The molecule has 1 amide bonds. The van der Waals surface area contributed by atoms with Gasteiger partial charge >= 0.3 is 6.09 Å². The fourth-order valence-corrected chi connectivity index (χ4v) is 4.23. The van der Waals surface area contributed by atoms with E-state index >= 15 is 0 Å². The van der Waals surface area contributed by atoms with Crippen LogP contribution < -0.4 is 5.32 Å². The third kappa shape index (κ3) is 5.52. The zero-order chi connectivity index (χ0) is 25.8. The average Bonchev–Trinajstić information content (AvgIpc) is 3.55. The summed E-state index contributed by atoms with van der Waals surface area (Å²) < 4.78 is 11.1. The van der Waals surface area contributed by atoms with Crippen molar-refractivity contribution in [2.45, 2.75) is 26.4 Å². The number of nitrogens with zero attached hydrogens (tertiary/aromatic N) is 4. The number of aromatic nitrogens is 5. The quantitative estimate of drug-likeness (QED) is 0.258. The van der Waals surface area contributed by atoms with Gasteiger partial charge in [0.15, 0.2) is 11.6 Å². The van der Waals surface area contributed by atoms with Crippen molar-refractivity contribution in [1.82, 2.24) is 25.8 Å². The second-order valence-electron chi connectivity index (χ2n) is 8.45. The van der Waals surface area contributed by atoms with Gasteiger partial charge in [0, 0.05) is 22.6 Å². The highest BCUT2D eigenvalue weighted by Crippen LogP contribution is 2.33. The number of carbonyl (C=O) groups is 1. The smallest absolute Gasteiger partial charge is 0.412 e. The van der Waals surface area contributed by atoms with Crippen LogP contribution in [0.25, 0.3) is 22.5 Å². The van der Waals surface area contributed by atoms with E-state index in [1.165, 1.54) is 0 Å². The van der Waals surface area contributed by atoms with E-state index in [2.05, 4.69) is 31.1 Å². The molecule has 2 N–H and O–H groups in total. The molecule has 0 aliphatic rings. The Labute approximate surface area is 217 Å². The highest BCUT2D eigenvalue weighted by molar-refractivity contribution is 6.31. The number of aromatic amines is 1. The lowest BCUT2D eigenvalue weighted by atomic mass is 10.0. The lowest BCUT2D eigenvalue weighted by Crippen LogP contribution is -2.17. The van der Waals surface area contributed by atoms with Gasteiger partial charge in [-0.3, -0.25) is 5.32 Å². The molecule has 0 unspecified atom stereocenters. The molecule has 5 rings (SSSR count). The van der Waals surface area contributed by atoms with Gasteiger partial charge in [-0.2, -0.15) is 5.21 Å². The summed E-state index contributed by atoms with van der Waals surface area (Å²) in [4.78, 5) is 12.6. The summed E-state index contributed by atoms with van der Waals surface area (Å²) in [5.74, 6) is 1.09. The summed E-state index contributed by atoms with van der Waals surface area (Å²) in [6.07, 6.45) is -0.552. The van der Waals surface area contributed by atoms with Crippen LogP contribution in [0.5, 0.6) is 0 Å². The molecule has 3 aromatic carbocycles. The first-order valence-corrected chi connectivity index (χ1v) is 12.0. The normalized spacial score (nSPS) is 11.8. The van der Waals surface area contributed by atoms with E-state index < -0.39 is 12.2 Å². The molecule has 0 saturated carbocycles. The number of anilines is 1. The molecular weight excluding hydrogens is 492 g/mol. The molecule has 10 heteroatoms. The zero-order valence-corrected chi connectivity index (χ0v) is 20.9. The predicted octanol–water partition coefficient (Wildman–Crippen LogP) is 6.38. The second-order valence-corrected chi connectivity index (χ2v) is 8.85. The van der Waals surface area contributed by atoms with Gasteiger partial charge in [0.2, 0.25) is 0 Å². The average molecular weight is 515 g/mol. The van der Waals surface area contributed by atoms with E-state index in [9.17, 15) is 4.79 Å². The minimum absolute atomic E-state index is 0.446. The van der Waals surface area contributed by atoms with Gasteiger partial charge in [0.05, 0.1) is 0 Å². The topological polar surface area (TPSA) is 119 Å². The molecule has 186 valence electrons. The number of rotatable bonds is 7. The minimum Gasteiger partial charge on any atom is -0.441 e. The summed E-state index contributed by atoms with van der Waals surface area (Å²) in [6.45, 7) is 3.52. The monoisotopic (exact) mass is 514 g/mol. The Hall–Kier alpha value is -4.50. The van der Waals surface area contributed by atoms with Crippen molar-refractivity contribution in [3.05, 3.63) is 100 Å². The van der Waals surface area contributed by atoms with Crippen molar-refractivity contribution in [3.8, 4) is 22.5 Å². The summed E-state index contributed by atoms with van der Waals surface area (Å²) in [7, 11) is 0. The number of hydrogen-bond acceptors (Lipinski definition) is 7. The first kappa shape index (κ1) is 24.2. The molecule has 0 bridgehead atoms. The number of carbonyl (C=O) groups excluding carboxylic acids is 1. The first-order chi connectivity index (χ1) is 18.0. The van der Waals surface area contributed by atoms with Gasteiger partial charge in [0.1, 0.15) is 17.5 Å². The van der Waals surface area contributed by atoms with Gasteiger partial charge in [-0.15, -0.1) is 10.2 Å². The Bertz CT molecular complexity index is 1500. The molecule has 0 spiro atoms. The molecule has 0 fully saturated rings. The van der Waals surface area contributed by atoms with Crippen molar-refractivity contribution in [2.24, 2.45) is 0 Å². The highest BCUT2D eigenvalue weighted by atomic mass is 35.5. The highest BCUT2D eigenvalue weighted by Gasteiger charge is 2.20. The Morgan fingerprint density at radius 1 is 1.03 bits per heavy atom. The second kappa shape index (κ2) is 10.6. The lowest BCUT2D eigenvalue weighted by Gasteiger charge is -2.15. The van der Waals surface area contributed by atoms with E-state index in [0.29, 0.717) is 34.4 Å². The largest absolute Gasteiger partial charge is 0.441 e. The Morgan fingerprint density at radius 2 is 1.70 bits per heavy atom. The number of hydrogen-bond donors (Lipinski definition) is 2. The number of H-pyrrole nitrogens is 1. The molecular formula is C27H23ClN6O3. The number of ether oxygens (including phenoxy) is 1. The molecule has 0 radical (unpaired) electrons. The summed E-state index contributed by atoms with van der Waals surface area (Å²) in [5.41, 5.74) is 5.67. The maximum Gasteiger partial charge on any atom is 0.412 e. The van der Waals surface area contributed by atoms with Crippen LogP contribution >= 0.6 is 11.6 Å². The molecule has 9 nitrogen and oxygen atoms in total. The van der Waals surface area contributed by atoms with E-state index in [4.69, 9.17) is 20.9 Å². The van der Waals surface area contributed by atoms with Gasteiger partial charge in [-0.1, -0.05) is 88.7 Å². The van der Waals surface area contributed by atoms with Crippen LogP contribution in [-0.4, -0.2) is 31.9 Å². The Balaban J connectivity index is 1.28. The van der Waals surface area contributed by atoms with Crippen LogP contribution in [0.4, 0.5) is 10.5 Å². The SMILES string of the molecule is Cc1noc(-c2ccc(-c3ccc(Cc4nn[nH]n4)cc3)cc2)c1NC(=O)O[C@H](C)c1ccccc1Cl. The minimum atomic E-state index is -0.627. The van der Waals surface area contributed by atoms with Crippen molar-refractivity contribution >= 4 is 23.4 Å². The zero-order valence-electron chi connectivity index (χ0n) is 20.1. The van der Waals surface area contributed by atoms with Gasteiger partial charge in [0.25, 0.3) is 0 Å². The number of halogens is 1. The fourth-order valence-electron chi connectivity index (χ4n) is 3.94. The van der Waals surface area contributed by atoms with Crippen LogP contribution in [0.1, 0.15) is 35.7 Å². The molecule has 1 atom stereocenters. The first-order valence-electron chi connectivity index (χ1n) is 11.6. The van der Waals surface area contributed by atoms with Crippen LogP contribution in [0.2, 0.25) is 5.02 Å². The summed E-state index contributed by atoms with van der Waals surface area (Å²) in [6, 6.07) is 23.2. The number of benzene rings is 3. The lowest BCUT2D eigenvalue weighted by molar-refractivity contribution is 0.121. The van der Waals surface area contributed by atoms with E-state index in [0.717, 1.165) is 27.8 Å². The van der Waals surface area contributed by atoms with Crippen LogP contribution in [0.3, 0.4) is 0 Å². The molecule has 37 heavy (non-hydrogen) atoms. The fraction of sp³-hybridized carbons (Fsp3) is 0.148. The number of amides is 1. The van der Waals surface area contributed by atoms with E-state index in [1.807, 2.05) is 66.7 Å². The third-order valence-corrected chi connectivity index (χ3v) is 6.25. The van der Waals surface area contributed by atoms with Crippen molar-refractivity contribution in [2.75, 3.05) is 5.32 Å². The van der Waals surface area contributed by atoms with Crippen molar-refractivity contribution in [3.63, 3.8) is 0 Å². The summed E-state index contributed by atoms with van der Waals surface area (Å²) >= 11 is 6.22. The number of aryl methyl sites for hydroxylation is 1. The number of nitrogens with one attached hydrogen (secondary N) is 2.